The molecule has 0 radical (unpaired) electrons. The van der Waals surface area contributed by atoms with E-state index in [0.717, 1.165) is 10.4 Å². The summed E-state index contributed by atoms with van der Waals surface area (Å²) in [5.41, 5.74) is 1.37. The van der Waals surface area contributed by atoms with Crippen LogP contribution in [0.2, 0.25) is 0 Å². The molecule has 1 aliphatic rings. The predicted molar refractivity (Wildman–Crippen MR) is 102 cm³/mol. The van der Waals surface area contributed by atoms with Crippen molar-refractivity contribution < 1.29 is 14.4 Å². The van der Waals surface area contributed by atoms with Crippen LogP contribution in [0, 0.1) is 5.92 Å². The van der Waals surface area contributed by atoms with E-state index < -0.39 is 5.92 Å². The standard InChI is InChI=1S/C20H24N2O3S/c1-13(2)12-22-18(16-10-7-11-26-16)17(20(24)21(3)25-4)14-8-5-6-9-15(14)19(22)23/h5-11,13,17-18H,12H2,1-4H3/t17-,18+/m0/s1. The number of rotatable bonds is 5. The molecule has 2 amide bonds. The average Bonchev–Trinajstić information content (AvgIpc) is 3.16. The summed E-state index contributed by atoms with van der Waals surface area (Å²) in [6.07, 6.45) is 0. The van der Waals surface area contributed by atoms with Crippen molar-refractivity contribution in [2.75, 3.05) is 20.7 Å². The molecule has 1 aromatic heterocycles. The molecule has 5 nitrogen and oxygen atoms in total. The average molecular weight is 372 g/mol. The van der Waals surface area contributed by atoms with E-state index in [1.165, 1.54) is 12.2 Å². The third-order valence-corrected chi connectivity index (χ3v) is 5.63. The van der Waals surface area contributed by atoms with Crippen LogP contribution in [-0.2, 0) is 9.63 Å². The van der Waals surface area contributed by atoms with Gasteiger partial charge in [0.1, 0.15) is 0 Å². The Hall–Kier alpha value is -2.18. The van der Waals surface area contributed by atoms with Gasteiger partial charge in [0.05, 0.1) is 19.1 Å². The Bertz CT molecular complexity index is 788. The number of likely N-dealkylation sites (N-methyl/N-ethyl adjacent to an activating group) is 1. The number of thiophene rings is 1. The van der Waals surface area contributed by atoms with Crippen molar-refractivity contribution in [1.82, 2.24) is 9.96 Å². The quantitative estimate of drug-likeness (QED) is 0.752. The second kappa shape index (κ2) is 7.60. The summed E-state index contributed by atoms with van der Waals surface area (Å²) in [5, 5.41) is 3.24. The molecular weight excluding hydrogens is 348 g/mol. The third-order valence-electron chi connectivity index (χ3n) is 4.69. The maximum absolute atomic E-state index is 13.2. The second-order valence-corrected chi connectivity index (χ2v) is 7.87. The molecule has 6 heteroatoms. The Morgan fingerprint density at radius 3 is 2.62 bits per heavy atom. The van der Waals surface area contributed by atoms with Gasteiger partial charge in [-0.2, -0.15) is 0 Å². The molecule has 3 rings (SSSR count). The normalized spacial score (nSPS) is 19.6. The lowest BCUT2D eigenvalue weighted by Crippen LogP contribution is -2.48. The van der Waals surface area contributed by atoms with Gasteiger partial charge in [0.15, 0.2) is 0 Å². The van der Waals surface area contributed by atoms with E-state index in [2.05, 4.69) is 13.8 Å². The minimum absolute atomic E-state index is 0.0168. The highest BCUT2D eigenvalue weighted by molar-refractivity contribution is 7.10. The number of benzene rings is 1. The zero-order valence-corrected chi connectivity index (χ0v) is 16.3. The molecule has 0 saturated heterocycles. The van der Waals surface area contributed by atoms with Crippen molar-refractivity contribution in [3.8, 4) is 0 Å². The van der Waals surface area contributed by atoms with Crippen molar-refractivity contribution >= 4 is 23.2 Å². The zero-order valence-electron chi connectivity index (χ0n) is 15.5. The first-order chi connectivity index (χ1) is 12.5. The van der Waals surface area contributed by atoms with Gasteiger partial charge in [0, 0.05) is 24.0 Å². The Morgan fingerprint density at radius 1 is 1.27 bits per heavy atom. The fourth-order valence-corrected chi connectivity index (χ4v) is 4.39. The number of carbonyl (C=O) groups excluding carboxylic acids is 2. The molecule has 0 spiro atoms. The number of hydrogen-bond acceptors (Lipinski definition) is 4. The third kappa shape index (κ3) is 3.27. The van der Waals surface area contributed by atoms with Crippen LogP contribution in [0.3, 0.4) is 0 Å². The monoisotopic (exact) mass is 372 g/mol. The van der Waals surface area contributed by atoms with Gasteiger partial charge in [0.25, 0.3) is 11.8 Å². The zero-order chi connectivity index (χ0) is 18.8. The molecule has 26 heavy (non-hydrogen) atoms. The minimum atomic E-state index is -0.494. The topological polar surface area (TPSA) is 49.9 Å². The fourth-order valence-electron chi connectivity index (χ4n) is 3.52. The van der Waals surface area contributed by atoms with Gasteiger partial charge in [-0.1, -0.05) is 38.1 Å². The Kier molecular flexibility index (Phi) is 5.44. The number of hydroxylamine groups is 2. The molecule has 2 aromatic rings. The van der Waals surface area contributed by atoms with Crippen molar-refractivity contribution in [3.63, 3.8) is 0 Å². The predicted octanol–water partition coefficient (Wildman–Crippen LogP) is 3.70. The van der Waals surface area contributed by atoms with Crippen LogP contribution >= 0.6 is 11.3 Å². The lowest BCUT2D eigenvalue weighted by molar-refractivity contribution is -0.172. The molecule has 1 aliphatic heterocycles. The number of hydrogen-bond donors (Lipinski definition) is 0. The van der Waals surface area contributed by atoms with Crippen LogP contribution in [0.15, 0.2) is 41.8 Å². The molecule has 1 aromatic carbocycles. The van der Waals surface area contributed by atoms with E-state index >= 15 is 0 Å². The van der Waals surface area contributed by atoms with Crippen LogP contribution in [0.4, 0.5) is 0 Å². The molecule has 138 valence electrons. The number of amides is 2. The first-order valence-electron chi connectivity index (χ1n) is 8.70. The molecule has 0 unspecified atom stereocenters. The molecule has 2 heterocycles. The van der Waals surface area contributed by atoms with Gasteiger partial charge in [-0.15, -0.1) is 11.3 Å². The van der Waals surface area contributed by atoms with Gasteiger partial charge in [-0.25, -0.2) is 5.06 Å². The SMILES string of the molecule is CON(C)C(=O)[C@H]1c2ccccc2C(=O)N(CC(C)C)[C@@H]1c1cccs1. The van der Waals surface area contributed by atoms with Crippen LogP contribution in [0.1, 0.15) is 46.6 Å². The van der Waals surface area contributed by atoms with E-state index in [9.17, 15) is 9.59 Å². The summed E-state index contributed by atoms with van der Waals surface area (Å²) < 4.78 is 0. The summed E-state index contributed by atoms with van der Waals surface area (Å²) in [6.45, 7) is 4.75. The number of fused-ring (bicyclic) bond motifs is 1. The van der Waals surface area contributed by atoms with Crippen molar-refractivity contribution in [2.24, 2.45) is 5.92 Å². The van der Waals surface area contributed by atoms with E-state index in [-0.39, 0.29) is 17.9 Å². The van der Waals surface area contributed by atoms with Crippen LogP contribution in [-0.4, -0.2) is 42.5 Å². The second-order valence-electron chi connectivity index (χ2n) is 6.89. The summed E-state index contributed by atoms with van der Waals surface area (Å²) in [7, 11) is 3.09. The Labute approximate surface area is 158 Å². The Balaban J connectivity index is 2.19. The van der Waals surface area contributed by atoms with Crippen molar-refractivity contribution in [1.29, 1.82) is 0 Å². The first-order valence-corrected chi connectivity index (χ1v) is 9.58. The van der Waals surface area contributed by atoms with Crippen LogP contribution in [0.5, 0.6) is 0 Å². The van der Waals surface area contributed by atoms with Crippen molar-refractivity contribution in [3.05, 3.63) is 57.8 Å². The van der Waals surface area contributed by atoms with Gasteiger partial charge in [-0.3, -0.25) is 14.4 Å². The van der Waals surface area contributed by atoms with E-state index in [4.69, 9.17) is 4.84 Å². The summed E-state index contributed by atoms with van der Waals surface area (Å²) in [5.74, 6) is -0.370. The molecule has 0 bridgehead atoms. The van der Waals surface area contributed by atoms with Gasteiger partial charge in [0.2, 0.25) is 0 Å². The first kappa shape index (κ1) is 18.6. The highest BCUT2D eigenvalue weighted by atomic mass is 32.1. The molecular formula is C20H24N2O3S. The maximum Gasteiger partial charge on any atom is 0.255 e. The molecule has 0 saturated carbocycles. The van der Waals surface area contributed by atoms with Gasteiger partial charge in [-0.05, 0) is 29.0 Å². The highest BCUT2D eigenvalue weighted by Crippen LogP contribution is 2.45. The summed E-state index contributed by atoms with van der Waals surface area (Å²) in [6, 6.07) is 11.0. The van der Waals surface area contributed by atoms with E-state index in [0.29, 0.717) is 18.0 Å². The molecule has 0 fully saturated rings. The number of carbonyl (C=O) groups is 2. The lowest BCUT2D eigenvalue weighted by atomic mass is 9.81. The molecule has 0 N–H and O–H groups in total. The van der Waals surface area contributed by atoms with Crippen molar-refractivity contribution in [2.45, 2.75) is 25.8 Å². The number of nitrogens with zero attached hydrogens (tertiary/aromatic N) is 2. The summed E-state index contributed by atoms with van der Waals surface area (Å²) in [4.78, 5) is 34.5. The summed E-state index contributed by atoms with van der Waals surface area (Å²) >= 11 is 1.57. The van der Waals surface area contributed by atoms with E-state index in [1.807, 2.05) is 46.7 Å². The minimum Gasteiger partial charge on any atom is -0.329 e. The lowest BCUT2D eigenvalue weighted by Gasteiger charge is -2.42. The van der Waals surface area contributed by atoms with Crippen LogP contribution in [0.25, 0.3) is 0 Å². The highest BCUT2D eigenvalue weighted by Gasteiger charge is 2.45. The fraction of sp³-hybridized carbons (Fsp3) is 0.400. The maximum atomic E-state index is 13.2. The smallest absolute Gasteiger partial charge is 0.255 e. The van der Waals surface area contributed by atoms with E-state index in [1.54, 1.807) is 18.4 Å². The van der Waals surface area contributed by atoms with Gasteiger partial charge < -0.3 is 4.90 Å². The van der Waals surface area contributed by atoms with Gasteiger partial charge >= 0.3 is 0 Å². The largest absolute Gasteiger partial charge is 0.329 e. The van der Waals surface area contributed by atoms with Crippen LogP contribution < -0.4 is 0 Å². The molecule has 0 aliphatic carbocycles. The molecule has 2 atom stereocenters. The Morgan fingerprint density at radius 2 is 2.00 bits per heavy atom.